The highest BCUT2D eigenvalue weighted by atomic mass is 35.5. The number of ether oxygens (including phenoxy) is 5. The molecular weight excluding hydrogens is 984 g/mol. The van der Waals surface area contributed by atoms with Crippen LogP contribution in [0, 0.1) is 5.92 Å². The highest BCUT2D eigenvalue weighted by Gasteiger charge is 2.62. The zero-order valence-electron chi connectivity index (χ0n) is 43.6. The first kappa shape index (κ1) is 58.4. The van der Waals surface area contributed by atoms with Crippen LogP contribution >= 0.6 is 11.6 Å². The monoisotopic (exact) mass is 1050 g/mol. The number of urea groups is 1. The molecule has 0 spiro atoms. The van der Waals surface area contributed by atoms with E-state index in [1.54, 1.807) is 51.1 Å². The lowest BCUT2D eigenvalue weighted by atomic mass is 9.90. The van der Waals surface area contributed by atoms with Crippen LogP contribution in [-0.4, -0.2) is 146 Å². The molecule has 0 aromatic heterocycles. The number of hydrogen-bond donors (Lipinski definition) is 7. The van der Waals surface area contributed by atoms with E-state index < -0.39 is 108 Å². The second-order valence-electron chi connectivity index (χ2n) is 19.6. The van der Waals surface area contributed by atoms with Gasteiger partial charge in [-0.15, -0.1) is 0 Å². The average molecular weight is 1060 g/mol. The number of nitrogens with zero attached hydrogens (tertiary/aromatic N) is 2. The molecule has 22 nitrogen and oxygen atoms in total. The maximum atomic E-state index is 14.3. The summed E-state index contributed by atoms with van der Waals surface area (Å²) in [6.07, 6.45) is 4.21. The molecule has 1 aliphatic carbocycles. The fraction of sp³-hybridized carbons (Fsp3) is 0.569. The number of fused-ring (bicyclic) bond motifs is 5. The first-order valence-corrected chi connectivity index (χ1v) is 24.9. The molecule has 4 aliphatic rings. The summed E-state index contributed by atoms with van der Waals surface area (Å²) in [4.78, 5) is 108. The maximum Gasteiger partial charge on any atom is 0.409 e. The van der Waals surface area contributed by atoms with Crippen molar-refractivity contribution in [1.29, 1.82) is 0 Å². The van der Waals surface area contributed by atoms with Gasteiger partial charge in [0.05, 0.1) is 25.3 Å². The number of halogens is 1. The lowest BCUT2D eigenvalue weighted by molar-refractivity contribution is -0.161. The molecule has 3 heterocycles. The van der Waals surface area contributed by atoms with Gasteiger partial charge in [0.1, 0.15) is 52.8 Å². The summed E-state index contributed by atoms with van der Waals surface area (Å²) in [5.41, 5.74) is 4.73. The van der Waals surface area contributed by atoms with E-state index in [4.69, 9.17) is 41.0 Å². The Labute approximate surface area is 436 Å². The van der Waals surface area contributed by atoms with Crippen molar-refractivity contribution in [2.24, 2.45) is 11.7 Å². The largest absolute Gasteiger partial charge is 0.495 e. The van der Waals surface area contributed by atoms with Crippen molar-refractivity contribution >= 4 is 64.9 Å². The van der Waals surface area contributed by atoms with Gasteiger partial charge in [0.25, 0.3) is 0 Å². The number of nitrogens with two attached hydrogens (primary N) is 1. The van der Waals surface area contributed by atoms with E-state index in [0.29, 0.717) is 29.1 Å². The minimum absolute atomic E-state index is 0.0491. The van der Waals surface area contributed by atoms with Gasteiger partial charge in [0.15, 0.2) is 5.72 Å². The number of nitrogens with one attached hydrogen (secondary N) is 5. The molecule has 0 unspecified atom stereocenters. The van der Waals surface area contributed by atoms with E-state index in [0.717, 1.165) is 11.1 Å². The lowest BCUT2D eigenvalue weighted by Crippen LogP contribution is -2.62. The smallest absolute Gasteiger partial charge is 0.409 e. The Kier molecular flexibility index (Phi) is 19.9. The topological polar surface area (TPSA) is 299 Å². The molecule has 8 N–H and O–H groups in total. The highest BCUT2D eigenvalue weighted by molar-refractivity contribution is 6.35. The van der Waals surface area contributed by atoms with Gasteiger partial charge in [-0.2, -0.15) is 0 Å². The number of alkyl carbamates (subject to hydrolysis) is 1. The number of aliphatic hydroxyl groups is 1. The third kappa shape index (κ3) is 14.8. The van der Waals surface area contributed by atoms with Crippen molar-refractivity contribution in [1.82, 2.24) is 31.5 Å². The average Bonchev–Trinajstić information content (AvgIpc) is 4.00. The van der Waals surface area contributed by atoms with Crippen molar-refractivity contribution in [3.8, 4) is 5.75 Å². The van der Waals surface area contributed by atoms with Crippen LogP contribution in [0.25, 0.3) is 0 Å². The van der Waals surface area contributed by atoms with E-state index in [1.165, 1.54) is 58.0 Å². The number of amides is 8. The standard InChI is InChI=1S/C51H71ClN8O14/c1-27(2)43(55-30(5)61)45(64)57-35(14-12-20-54-48(53)67)44(63)56-33-18-16-32(17-19-33)46(65)59(7)29(4)47(66)73-39-25-41(62)60(8)36-22-31(23-37(70-9)42(36)52)21-28(3)13-11-15-38(71-10)51(69)26-34(72-49(68)58-51)24-40-50(39,6)74-40/h11,13,15-16,18,22-23,27,29,34-35,38-40,43,69H,12,14,17,19-21,24-26H2,1-10H3,(H,55,61)(H,56,63)(H,57,64)(H,58,68)(H3,53,54,67)/b15-11+,28-13+/t29-,34+,35-,38+,39-,40-,43-,50-,51-/m0/s1. The summed E-state index contributed by atoms with van der Waals surface area (Å²) in [7, 11) is 5.83. The van der Waals surface area contributed by atoms with Gasteiger partial charge < -0.3 is 65.6 Å². The molecule has 0 saturated carbocycles. The van der Waals surface area contributed by atoms with Crippen LogP contribution in [0.2, 0.25) is 5.02 Å². The number of methoxy groups -OCH3 is 2. The summed E-state index contributed by atoms with van der Waals surface area (Å²) < 4.78 is 29.2. The number of carbonyl (C=O) groups excluding carboxylic acids is 8. The lowest BCUT2D eigenvalue weighted by Gasteiger charge is -2.40. The Morgan fingerprint density at radius 3 is 2.39 bits per heavy atom. The van der Waals surface area contributed by atoms with Crippen LogP contribution in [0.5, 0.6) is 5.75 Å². The van der Waals surface area contributed by atoms with E-state index in [-0.39, 0.29) is 56.0 Å². The van der Waals surface area contributed by atoms with Crippen molar-refractivity contribution in [2.45, 2.75) is 147 Å². The zero-order chi connectivity index (χ0) is 54.8. The first-order chi connectivity index (χ1) is 34.8. The quantitative estimate of drug-likeness (QED) is 0.0712. The molecule has 2 saturated heterocycles. The molecule has 3 aliphatic heterocycles. The van der Waals surface area contributed by atoms with E-state index in [9.17, 15) is 43.5 Å². The van der Waals surface area contributed by atoms with Gasteiger partial charge in [-0.3, -0.25) is 29.3 Å². The Morgan fingerprint density at radius 2 is 1.77 bits per heavy atom. The molecule has 23 heteroatoms. The molecular formula is C51H71ClN8O14. The predicted octanol–water partition coefficient (Wildman–Crippen LogP) is 3.08. The van der Waals surface area contributed by atoms with Crippen molar-refractivity contribution < 1.29 is 67.1 Å². The number of allylic oxidation sites excluding steroid dienone is 6. The predicted molar refractivity (Wildman–Crippen MR) is 271 cm³/mol. The zero-order valence-corrected chi connectivity index (χ0v) is 44.4. The van der Waals surface area contributed by atoms with E-state index in [2.05, 4.69) is 26.6 Å². The maximum absolute atomic E-state index is 14.3. The molecule has 1 aromatic rings. The van der Waals surface area contributed by atoms with E-state index >= 15 is 0 Å². The van der Waals surface area contributed by atoms with Gasteiger partial charge in [0, 0.05) is 58.8 Å². The van der Waals surface area contributed by atoms with Crippen LogP contribution < -0.4 is 42.0 Å². The Bertz CT molecular complexity index is 2460. The van der Waals surface area contributed by atoms with Gasteiger partial charge in [-0.1, -0.05) is 55.3 Å². The Hall–Kier alpha value is -6.49. The summed E-state index contributed by atoms with van der Waals surface area (Å²) in [5, 5.41) is 25.0. The number of esters is 1. The van der Waals surface area contributed by atoms with Crippen LogP contribution in [0.1, 0.15) is 92.1 Å². The molecule has 5 rings (SSSR count). The fourth-order valence-corrected chi connectivity index (χ4v) is 9.33. The number of benzene rings is 1. The van der Waals surface area contributed by atoms with Crippen LogP contribution in [-0.2, 0) is 54.1 Å². The van der Waals surface area contributed by atoms with Crippen molar-refractivity contribution in [3.05, 3.63) is 69.9 Å². The van der Waals surface area contributed by atoms with Crippen LogP contribution in [0.3, 0.4) is 0 Å². The number of hydrogen-bond acceptors (Lipinski definition) is 14. The number of rotatable bonds is 16. The van der Waals surface area contributed by atoms with Crippen molar-refractivity contribution in [2.75, 3.05) is 39.8 Å². The molecule has 8 amide bonds. The van der Waals surface area contributed by atoms with Crippen molar-refractivity contribution in [3.63, 3.8) is 0 Å². The Morgan fingerprint density at radius 1 is 1.05 bits per heavy atom. The second-order valence-corrected chi connectivity index (χ2v) is 20.0. The normalized spacial score (nSPS) is 26.3. The molecule has 1 aromatic carbocycles. The molecule has 74 heavy (non-hydrogen) atoms. The first-order valence-electron chi connectivity index (χ1n) is 24.5. The number of carbonyl (C=O) groups is 8. The van der Waals surface area contributed by atoms with Gasteiger partial charge >= 0.3 is 18.1 Å². The summed E-state index contributed by atoms with van der Waals surface area (Å²) in [6, 6.07) is -0.393. The Balaban J connectivity index is 1.35. The minimum Gasteiger partial charge on any atom is -0.495 e. The molecule has 4 bridgehead atoms. The van der Waals surface area contributed by atoms with Gasteiger partial charge in [-0.25, -0.2) is 14.4 Å². The number of primary amides is 1. The molecule has 406 valence electrons. The second kappa shape index (κ2) is 25.2. The number of epoxide rings is 1. The highest BCUT2D eigenvalue weighted by Crippen LogP contribution is 2.47. The van der Waals surface area contributed by atoms with E-state index in [1.807, 2.05) is 13.0 Å². The number of anilines is 1. The fourth-order valence-electron chi connectivity index (χ4n) is 9.02. The summed E-state index contributed by atoms with van der Waals surface area (Å²) in [5.74, 6) is -3.39. The molecule has 0 radical (unpaired) electrons. The van der Waals surface area contributed by atoms with Gasteiger partial charge in [-0.05, 0) is 82.6 Å². The summed E-state index contributed by atoms with van der Waals surface area (Å²) >= 11 is 6.81. The SMILES string of the molecule is COc1cc2cc(c1Cl)N(C)C(=O)C[C@H](OC(=O)[C@H](C)N(C)C(=O)C1=CC=C(NC(=O)[C@H](CCCNC(N)=O)NC(=O)[C@@H](NC(C)=O)C(C)C)CC1)[C@]1(C)O[C@H]1C[C@@H]1C[C@@](O)(NC(=O)O1)[C@H](OC)/C=C/C=C(\C)C2. The number of likely N-dealkylation sites (N-methyl/N-ethyl adjacent to an activating group) is 1. The third-order valence-corrected chi connectivity index (χ3v) is 14.0. The third-order valence-electron chi connectivity index (χ3n) is 13.6. The van der Waals surface area contributed by atoms with Crippen LogP contribution in [0.4, 0.5) is 15.3 Å². The summed E-state index contributed by atoms with van der Waals surface area (Å²) in [6.45, 7) is 9.95. The molecule has 2 fully saturated rings. The minimum atomic E-state index is -1.88. The van der Waals surface area contributed by atoms with Gasteiger partial charge in [0.2, 0.25) is 29.5 Å². The van der Waals surface area contributed by atoms with Crippen LogP contribution in [0.15, 0.2) is 59.4 Å². The molecule has 9 atom stereocenters.